The van der Waals surface area contributed by atoms with Gasteiger partial charge in [0, 0.05) is 0 Å². The van der Waals surface area contributed by atoms with Crippen LogP contribution in [0, 0.1) is 11.5 Å². The molecule has 0 heterocycles. The van der Waals surface area contributed by atoms with Crippen LogP contribution in [0.1, 0.15) is 10.4 Å². The van der Waals surface area contributed by atoms with Crippen LogP contribution in [0.25, 0.3) is 0 Å². The molecule has 0 aliphatic carbocycles. The van der Waals surface area contributed by atoms with E-state index in [0.717, 1.165) is 5.56 Å². The second-order valence-electron chi connectivity index (χ2n) is 6.06. The molecule has 0 spiro atoms. The van der Waals surface area contributed by atoms with Crippen LogP contribution in [0.5, 0.6) is 0 Å². The minimum absolute atomic E-state index is 0.0286. The van der Waals surface area contributed by atoms with E-state index < -0.39 is 8.07 Å². The van der Waals surface area contributed by atoms with Crippen molar-refractivity contribution in [2.24, 2.45) is 0 Å². The third kappa shape index (κ3) is 5.31. The van der Waals surface area contributed by atoms with Crippen LogP contribution in [0.4, 0.5) is 0 Å². The fraction of sp³-hybridized carbons (Fsp3) is 0.211. The molecule has 2 aromatic rings. The number of carbonyl (C=O) groups excluding carboxylic acids is 1. The molecule has 0 N–H and O–H groups in total. The molecule has 0 aromatic heterocycles. The van der Waals surface area contributed by atoms with Crippen molar-refractivity contribution < 1.29 is 4.79 Å². The molecule has 2 aromatic carbocycles. The van der Waals surface area contributed by atoms with E-state index in [9.17, 15) is 4.79 Å². The molecule has 0 aliphatic heterocycles. The average Bonchev–Trinajstić information content (AvgIpc) is 2.52. The summed E-state index contributed by atoms with van der Waals surface area (Å²) in [6, 6.07) is 19.7. The summed E-state index contributed by atoms with van der Waals surface area (Å²) in [6.07, 6.45) is 0. The fourth-order valence-corrected chi connectivity index (χ4v) is 4.62. The van der Waals surface area contributed by atoms with E-state index in [-0.39, 0.29) is 25.6 Å². The van der Waals surface area contributed by atoms with Crippen LogP contribution >= 0.6 is 0 Å². The molecule has 3 heteroatoms. The van der Waals surface area contributed by atoms with Crippen LogP contribution < -0.4 is 4.46 Å². The maximum absolute atomic E-state index is 12.8. The molecule has 0 fully saturated rings. The fourth-order valence-electron chi connectivity index (χ4n) is 1.82. The average molecular weight is 371 g/mol. The van der Waals surface area contributed by atoms with Gasteiger partial charge < -0.3 is 0 Å². The van der Waals surface area contributed by atoms with Crippen LogP contribution in [-0.4, -0.2) is 28.8 Å². The number of carbonyl (C=O) groups is 1. The van der Waals surface area contributed by atoms with Crippen molar-refractivity contribution in [1.29, 1.82) is 0 Å². The van der Waals surface area contributed by atoms with Gasteiger partial charge in [0.1, 0.15) is 0 Å². The van der Waals surface area contributed by atoms with E-state index in [1.807, 2.05) is 48.5 Å². The summed E-state index contributed by atoms with van der Waals surface area (Å²) in [7, 11) is -1.49. The standard InChI is InChI=1S/C19H20OSeSi/c1-22(2,3)15-14-18(21-17-12-8-5-9-13-17)19(20)16-10-6-4-7-11-16/h4-13,18H,1-3H3. The number of Topliss-reactive ketones (excluding diaryl/α,β-unsaturated/α-hetero) is 1. The Kier molecular flexibility index (Phi) is 5.80. The molecule has 1 atom stereocenters. The Morgan fingerprint density at radius 2 is 1.50 bits per heavy atom. The molecule has 1 nitrogen and oxygen atoms in total. The first kappa shape index (κ1) is 16.8. The van der Waals surface area contributed by atoms with Gasteiger partial charge in [-0.05, 0) is 0 Å². The van der Waals surface area contributed by atoms with Crippen molar-refractivity contribution in [3.05, 3.63) is 66.2 Å². The topological polar surface area (TPSA) is 17.1 Å². The first-order chi connectivity index (χ1) is 10.5. The van der Waals surface area contributed by atoms with Gasteiger partial charge in [0.05, 0.1) is 0 Å². The van der Waals surface area contributed by atoms with Crippen molar-refractivity contribution >= 4 is 33.3 Å². The van der Waals surface area contributed by atoms with E-state index in [1.165, 1.54) is 4.46 Å². The summed E-state index contributed by atoms with van der Waals surface area (Å²) in [5.74, 6) is 3.44. The van der Waals surface area contributed by atoms with Crippen LogP contribution in [0.3, 0.4) is 0 Å². The molecule has 2 rings (SSSR count). The van der Waals surface area contributed by atoms with Gasteiger partial charge in [-0.3, -0.25) is 0 Å². The van der Waals surface area contributed by atoms with Gasteiger partial charge in [0.15, 0.2) is 0 Å². The SMILES string of the molecule is C[Si](C)(C)C#CC([Se]c1ccccc1)C(=O)c1ccccc1. The predicted octanol–water partition coefficient (Wildman–Crippen LogP) is 3.57. The van der Waals surface area contributed by atoms with Crippen LogP contribution in [0.15, 0.2) is 60.7 Å². The number of hydrogen-bond acceptors (Lipinski definition) is 1. The monoisotopic (exact) mass is 372 g/mol. The Labute approximate surface area is 140 Å². The maximum atomic E-state index is 12.8. The van der Waals surface area contributed by atoms with Crippen LogP contribution in [-0.2, 0) is 0 Å². The summed E-state index contributed by atoms with van der Waals surface area (Å²) in [5.41, 5.74) is 4.14. The van der Waals surface area contributed by atoms with E-state index in [4.69, 9.17) is 0 Å². The van der Waals surface area contributed by atoms with Gasteiger partial charge >= 0.3 is 140 Å². The van der Waals surface area contributed by atoms with Crippen LogP contribution in [0.2, 0.25) is 24.5 Å². The van der Waals surface area contributed by atoms with E-state index >= 15 is 0 Å². The molecule has 1 unspecified atom stereocenters. The van der Waals surface area contributed by atoms with Gasteiger partial charge in [-0.15, -0.1) is 0 Å². The van der Waals surface area contributed by atoms with Crippen molar-refractivity contribution in [2.75, 3.05) is 0 Å². The van der Waals surface area contributed by atoms with Gasteiger partial charge in [-0.1, -0.05) is 0 Å². The van der Waals surface area contributed by atoms with Crippen molar-refractivity contribution in [2.45, 2.75) is 24.5 Å². The van der Waals surface area contributed by atoms with Gasteiger partial charge in [0.2, 0.25) is 0 Å². The number of rotatable bonds is 4. The third-order valence-corrected chi connectivity index (χ3v) is 6.10. The summed E-state index contributed by atoms with van der Waals surface area (Å²) in [5, 5.41) is 0. The Morgan fingerprint density at radius 1 is 0.955 bits per heavy atom. The molecule has 22 heavy (non-hydrogen) atoms. The second kappa shape index (κ2) is 7.60. The summed E-state index contributed by atoms with van der Waals surface area (Å²) in [6.45, 7) is 6.62. The Morgan fingerprint density at radius 3 is 2.05 bits per heavy atom. The first-order valence-electron chi connectivity index (χ1n) is 7.29. The molecule has 0 saturated heterocycles. The van der Waals surface area contributed by atoms with Gasteiger partial charge in [-0.2, -0.15) is 0 Å². The number of hydrogen-bond donors (Lipinski definition) is 0. The van der Waals surface area contributed by atoms with E-state index in [1.54, 1.807) is 0 Å². The Bertz CT molecular complexity index is 678. The predicted molar refractivity (Wildman–Crippen MR) is 97.5 cm³/mol. The Hall–Kier alpha value is -1.59. The normalized spacial score (nSPS) is 12.1. The molecular weight excluding hydrogens is 351 g/mol. The second-order valence-corrected chi connectivity index (χ2v) is 13.3. The minimum atomic E-state index is -1.49. The molecule has 0 aliphatic rings. The van der Waals surface area contributed by atoms with Crippen molar-refractivity contribution in [3.8, 4) is 11.5 Å². The van der Waals surface area contributed by atoms with E-state index in [2.05, 4.69) is 43.2 Å². The molecule has 0 amide bonds. The number of ketones is 1. The van der Waals surface area contributed by atoms with E-state index in [0.29, 0.717) is 0 Å². The third-order valence-electron chi connectivity index (χ3n) is 2.87. The summed E-state index contributed by atoms with van der Waals surface area (Å²) >= 11 is 0.0286. The molecule has 0 bridgehead atoms. The molecule has 0 saturated carbocycles. The van der Waals surface area contributed by atoms with Crippen molar-refractivity contribution in [3.63, 3.8) is 0 Å². The molecule has 112 valence electrons. The number of benzene rings is 2. The first-order valence-corrected chi connectivity index (χ1v) is 12.6. The molecule has 0 radical (unpaired) electrons. The van der Waals surface area contributed by atoms with Gasteiger partial charge in [-0.25, -0.2) is 0 Å². The Balaban J connectivity index is 2.28. The summed E-state index contributed by atoms with van der Waals surface area (Å²) in [4.78, 5) is 12.6. The zero-order chi connectivity index (χ0) is 16.0. The van der Waals surface area contributed by atoms with Gasteiger partial charge in [0.25, 0.3) is 0 Å². The quantitative estimate of drug-likeness (QED) is 0.456. The molecular formula is C19H20OSeSi. The zero-order valence-electron chi connectivity index (χ0n) is 13.2. The van der Waals surface area contributed by atoms with Crippen molar-refractivity contribution in [1.82, 2.24) is 0 Å². The summed E-state index contributed by atoms with van der Waals surface area (Å²) < 4.78 is 1.22. The zero-order valence-corrected chi connectivity index (χ0v) is 15.9.